The van der Waals surface area contributed by atoms with Gasteiger partial charge in [0.25, 0.3) is 0 Å². The smallest absolute Gasteiger partial charge is 0.0797 e. The van der Waals surface area contributed by atoms with Gasteiger partial charge in [0.1, 0.15) is 0 Å². The molecule has 0 bridgehead atoms. The van der Waals surface area contributed by atoms with Gasteiger partial charge in [-0.05, 0) is 136 Å². The van der Waals surface area contributed by atoms with Crippen molar-refractivity contribution in [3.63, 3.8) is 0 Å². The molecule has 4 saturated carbocycles. The van der Waals surface area contributed by atoms with Crippen molar-refractivity contribution in [3.8, 4) is 0 Å². The van der Waals surface area contributed by atoms with E-state index in [0.717, 1.165) is 31.3 Å². The molecule has 4 fully saturated rings. The molecule has 0 radical (unpaired) electrons. The van der Waals surface area contributed by atoms with Crippen LogP contribution in [0.5, 0.6) is 0 Å². The average molecular weight is 645 g/mol. The van der Waals surface area contributed by atoms with Gasteiger partial charge in [-0.25, -0.2) is 0 Å². The van der Waals surface area contributed by atoms with Crippen LogP contribution in [0.15, 0.2) is 48.6 Å². The van der Waals surface area contributed by atoms with Gasteiger partial charge in [-0.2, -0.15) is 0 Å². The van der Waals surface area contributed by atoms with Crippen molar-refractivity contribution in [1.82, 2.24) is 0 Å². The Bertz CT molecular complexity index is 1040. The zero-order valence-corrected chi connectivity index (χ0v) is 32.3. The topological polar surface area (TPSA) is 29.5 Å². The second kappa shape index (κ2) is 15.3. The molecular formula is C40H70O2P2. The number of hydrogen-bond acceptors (Lipinski definition) is 2. The van der Waals surface area contributed by atoms with Gasteiger partial charge >= 0.3 is 0 Å². The van der Waals surface area contributed by atoms with Gasteiger partial charge in [0.05, 0.1) is 12.2 Å². The van der Waals surface area contributed by atoms with Gasteiger partial charge in [-0.1, -0.05) is 105 Å². The third kappa shape index (κ3) is 8.80. The maximum absolute atomic E-state index is 10.3. The molecule has 0 heterocycles. The van der Waals surface area contributed by atoms with Crippen molar-refractivity contribution >= 4 is 17.4 Å². The molecule has 1 N–H and O–H groups in total. The van der Waals surface area contributed by atoms with Crippen LogP contribution in [0.3, 0.4) is 0 Å². The first-order chi connectivity index (χ1) is 20.4. The Kier molecular flexibility index (Phi) is 13.3. The van der Waals surface area contributed by atoms with E-state index in [9.17, 15) is 5.11 Å². The maximum Gasteiger partial charge on any atom is 0.0797 e. The van der Waals surface area contributed by atoms with Crippen LogP contribution >= 0.6 is 17.4 Å². The fourth-order valence-corrected chi connectivity index (χ4v) is 11.3. The summed E-state index contributed by atoms with van der Waals surface area (Å²) in [5, 5.41) is 10.3. The van der Waals surface area contributed by atoms with Gasteiger partial charge in [0.2, 0.25) is 0 Å². The molecule has 4 rings (SSSR count). The zero-order chi connectivity index (χ0) is 33.0. The molecule has 4 aliphatic carbocycles. The molecule has 0 spiro atoms. The van der Waals surface area contributed by atoms with E-state index in [4.69, 9.17) is 4.52 Å². The van der Waals surface area contributed by atoms with Crippen LogP contribution in [0.4, 0.5) is 0 Å². The fraction of sp³-hybridized carbons (Fsp3) is 0.800. The molecule has 9 atom stereocenters. The molecule has 0 saturated heterocycles. The van der Waals surface area contributed by atoms with E-state index in [2.05, 4.69) is 83.2 Å². The number of allylic oxidation sites excluding steroid dienone is 3. The van der Waals surface area contributed by atoms with E-state index < -0.39 is 5.60 Å². The number of rotatable bonds is 10. The Balaban J connectivity index is 0.000000241. The summed E-state index contributed by atoms with van der Waals surface area (Å²) < 4.78 is 5.45. The van der Waals surface area contributed by atoms with Gasteiger partial charge in [-0.15, -0.1) is 6.58 Å². The van der Waals surface area contributed by atoms with Crippen LogP contribution in [0.25, 0.3) is 0 Å². The monoisotopic (exact) mass is 644 g/mol. The second-order valence-corrected chi connectivity index (χ2v) is 18.6. The predicted octanol–water partition coefficient (Wildman–Crippen LogP) is 12.4. The highest BCUT2D eigenvalue weighted by Crippen LogP contribution is 2.63. The lowest BCUT2D eigenvalue weighted by molar-refractivity contribution is -0.0583. The average Bonchev–Trinajstić information content (AvgIpc) is 2.91. The van der Waals surface area contributed by atoms with Gasteiger partial charge in [0, 0.05) is 8.50 Å². The minimum Gasteiger partial charge on any atom is -0.386 e. The first kappa shape index (κ1) is 38.2. The lowest BCUT2D eigenvalue weighted by Gasteiger charge is -2.58. The Morgan fingerprint density at radius 3 is 1.84 bits per heavy atom. The number of aliphatic hydroxyl groups is 1. The lowest BCUT2D eigenvalue weighted by Crippen LogP contribution is -2.49. The van der Waals surface area contributed by atoms with E-state index in [1.165, 1.54) is 93.8 Å². The van der Waals surface area contributed by atoms with Crippen LogP contribution < -0.4 is 0 Å². The van der Waals surface area contributed by atoms with Crippen LogP contribution in [0, 0.1) is 45.3 Å². The van der Waals surface area contributed by atoms with Crippen molar-refractivity contribution in [1.29, 1.82) is 0 Å². The van der Waals surface area contributed by atoms with Crippen molar-refractivity contribution in [2.24, 2.45) is 45.3 Å². The summed E-state index contributed by atoms with van der Waals surface area (Å²) in [5.74, 6) is 2.92. The Hall–Kier alpha value is -0.260. The summed E-state index contributed by atoms with van der Waals surface area (Å²) in [6.45, 7) is 32.5. The van der Waals surface area contributed by atoms with E-state index in [-0.39, 0.29) is 0 Å². The summed E-state index contributed by atoms with van der Waals surface area (Å²) >= 11 is 0. The highest BCUT2D eigenvalue weighted by molar-refractivity contribution is 8.00. The molecule has 4 aliphatic rings. The summed E-state index contributed by atoms with van der Waals surface area (Å²) in [7, 11) is 3.14. The largest absolute Gasteiger partial charge is 0.386 e. The highest BCUT2D eigenvalue weighted by atomic mass is 32.0. The molecule has 2 nitrogen and oxygen atoms in total. The molecule has 252 valence electrons. The normalized spacial score (nSPS) is 36.5. The second-order valence-electron chi connectivity index (χ2n) is 17.4. The van der Waals surface area contributed by atoms with Crippen molar-refractivity contribution < 1.29 is 9.63 Å². The third-order valence-electron chi connectivity index (χ3n) is 13.4. The summed E-state index contributed by atoms with van der Waals surface area (Å²) in [6, 6.07) is 0. The third-order valence-corrected chi connectivity index (χ3v) is 14.3. The predicted molar refractivity (Wildman–Crippen MR) is 199 cm³/mol. The van der Waals surface area contributed by atoms with Crippen molar-refractivity contribution in [3.05, 3.63) is 48.6 Å². The molecule has 0 aliphatic heterocycles. The van der Waals surface area contributed by atoms with E-state index in [1.54, 1.807) is 6.08 Å². The minimum atomic E-state index is -0.742. The quantitative estimate of drug-likeness (QED) is 0.146. The van der Waals surface area contributed by atoms with Gasteiger partial charge in [0.15, 0.2) is 0 Å². The molecule has 0 aromatic heterocycles. The van der Waals surface area contributed by atoms with E-state index in [1.807, 2.05) is 6.92 Å². The Morgan fingerprint density at radius 2 is 1.39 bits per heavy atom. The molecule has 4 heteroatoms. The van der Waals surface area contributed by atoms with Crippen LogP contribution in [-0.2, 0) is 4.52 Å². The summed E-state index contributed by atoms with van der Waals surface area (Å²) in [5.41, 5.74) is 5.47. The van der Waals surface area contributed by atoms with Crippen LogP contribution in [0.1, 0.15) is 145 Å². The Labute approximate surface area is 277 Å². The molecule has 44 heavy (non-hydrogen) atoms. The maximum atomic E-state index is 10.3. The van der Waals surface area contributed by atoms with E-state index >= 15 is 0 Å². The number of hydrogen-bond donors (Lipinski definition) is 1. The summed E-state index contributed by atoms with van der Waals surface area (Å²) in [6.07, 6.45) is 21.5. The van der Waals surface area contributed by atoms with Gasteiger partial charge < -0.3 is 9.63 Å². The van der Waals surface area contributed by atoms with Crippen molar-refractivity contribution in [2.45, 2.75) is 151 Å². The molecule has 0 aromatic carbocycles. The minimum absolute atomic E-state index is 0.369. The van der Waals surface area contributed by atoms with E-state index in [0.29, 0.717) is 42.0 Å². The fourth-order valence-electron chi connectivity index (χ4n) is 10.9. The summed E-state index contributed by atoms with van der Waals surface area (Å²) in [4.78, 5) is 0. The van der Waals surface area contributed by atoms with Crippen LogP contribution in [-0.4, -0.2) is 17.3 Å². The molecular weight excluding hydrogens is 574 g/mol. The first-order valence-corrected chi connectivity index (χ1v) is 20.6. The zero-order valence-electron chi connectivity index (χ0n) is 30.1. The van der Waals surface area contributed by atoms with Crippen LogP contribution in [0.2, 0.25) is 0 Å². The highest BCUT2D eigenvalue weighted by Gasteiger charge is 2.53. The lowest BCUT2D eigenvalue weighted by atomic mass is 9.47. The standard InChI is InChI=1S/C20H36OP2.C20H34O/c1-15(11-14-21-23-22)7-9-17-16(2)8-10-18-19(3,4)12-6-13-20(17,18)5;1-7-19(5,21)14-11-16-15(2)9-10-17-18(3,4)12-8-13-20(16,17)6/h11,17-18,23H,2,6-10,12-14,22H2,1,3-5H3;7,16-17,21H,1-2,8-14H2,3-6H3/b15-11+;/t17-,18?,20+;16-,17?,19?,20+/m11/s1. The number of fused-ring (bicyclic) bond motifs is 2. The Morgan fingerprint density at radius 1 is 0.909 bits per heavy atom. The SMILES string of the molecule is C=C1CCC2C(C)(C)CCC[C@@]2(C)[C@@H]1CC/C(C)=C/COPP.C=CC(C)(O)CC[C@@H]1C(=C)CCC2C(C)(C)CCC[C@]21C. The van der Waals surface area contributed by atoms with Gasteiger partial charge in [-0.3, -0.25) is 0 Å². The molecule has 0 aromatic rings. The molecule has 5 unspecified atom stereocenters. The first-order valence-electron chi connectivity index (χ1n) is 17.9. The molecule has 0 amide bonds. The van der Waals surface area contributed by atoms with Crippen molar-refractivity contribution in [2.75, 3.05) is 6.61 Å².